The van der Waals surface area contributed by atoms with Gasteiger partial charge in [0.15, 0.2) is 18.1 Å². The molecule has 0 fully saturated rings. The first kappa shape index (κ1) is 21.0. The summed E-state index contributed by atoms with van der Waals surface area (Å²) in [6.07, 6.45) is 0. The SMILES string of the molecule is COc1ccccc1OCC(=O)Nc1cccc(NC(=O)c2cc(Cl)sc2Cl)c1. The minimum Gasteiger partial charge on any atom is -0.493 e. The number of methoxy groups -OCH3 is 1. The molecule has 1 aromatic heterocycles. The lowest BCUT2D eigenvalue weighted by Gasteiger charge is -2.11. The molecule has 6 nitrogen and oxygen atoms in total. The van der Waals surface area contributed by atoms with Crippen LogP contribution in [0.1, 0.15) is 10.4 Å². The molecule has 0 aliphatic rings. The number of para-hydroxylation sites is 2. The average molecular weight is 451 g/mol. The van der Waals surface area contributed by atoms with Gasteiger partial charge in [-0.1, -0.05) is 41.4 Å². The van der Waals surface area contributed by atoms with Crippen molar-refractivity contribution in [2.75, 3.05) is 24.4 Å². The maximum atomic E-state index is 12.3. The van der Waals surface area contributed by atoms with E-state index < -0.39 is 0 Å². The molecule has 2 amide bonds. The lowest BCUT2D eigenvalue weighted by atomic mass is 10.2. The van der Waals surface area contributed by atoms with Crippen LogP contribution in [-0.2, 0) is 4.79 Å². The van der Waals surface area contributed by atoms with Crippen molar-refractivity contribution in [3.63, 3.8) is 0 Å². The number of ether oxygens (including phenoxy) is 2. The third-order valence-electron chi connectivity index (χ3n) is 3.73. The second kappa shape index (κ2) is 9.65. The van der Waals surface area contributed by atoms with Gasteiger partial charge in [0, 0.05) is 11.4 Å². The van der Waals surface area contributed by atoms with Gasteiger partial charge in [0.25, 0.3) is 11.8 Å². The van der Waals surface area contributed by atoms with E-state index in [9.17, 15) is 9.59 Å². The van der Waals surface area contributed by atoms with E-state index in [-0.39, 0.29) is 18.4 Å². The van der Waals surface area contributed by atoms with E-state index in [1.807, 2.05) is 6.07 Å². The zero-order chi connectivity index (χ0) is 20.8. The van der Waals surface area contributed by atoms with E-state index >= 15 is 0 Å². The Bertz CT molecular complexity index is 1040. The van der Waals surface area contributed by atoms with Crippen molar-refractivity contribution in [2.45, 2.75) is 0 Å². The minimum absolute atomic E-state index is 0.194. The molecule has 0 bridgehead atoms. The molecular weight excluding hydrogens is 435 g/mol. The predicted octanol–water partition coefficient (Wildman–Crippen LogP) is 5.33. The van der Waals surface area contributed by atoms with Crippen LogP contribution in [0.25, 0.3) is 0 Å². The van der Waals surface area contributed by atoms with E-state index in [0.717, 1.165) is 11.3 Å². The summed E-state index contributed by atoms with van der Waals surface area (Å²) in [6.45, 7) is -0.194. The van der Waals surface area contributed by atoms with Crippen LogP contribution in [0.15, 0.2) is 54.6 Å². The molecule has 0 saturated carbocycles. The molecule has 3 rings (SSSR count). The summed E-state index contributed by atoms with van der Waals surface area (Å²) >= 11 is 13.0. The van der Waals surface area contributed by atoms with Crippen LogP contribution in [0.4, 0.5) is 11.4 Å². The van der Waals surface area contributed by atoms with E-state index in [4.69, 9.17) is 32.7 Å². The van der Waals surface area contributed by atoms with Crippen LogP contribution in [-0.4, -0.2) is 25.5 Å². The van der Waals surface area contributed by atoms with Crippen molar-refractivity contribution in [1.29, 1.82) is 0 Å². The maximum Gasteiger partial charge on any atom is 0.262 e. The zero-order valence-corrected chi connectivity index (χ0v) is 17.5. The molecule has 1 heterocycles. The number of thiophene rings is 1. The highest BCUT2D eigenvalue weighted by Gasteiger charge is 2.15. The van der Waals surface area contributed by atoms with Gasteiger partial charge in [0.1, 0.15) is 4.34 Å². The molecule has 0 aliphatic heterocycles. The zero-order valence-electron chi connectivity index (χ0n) is 15.2. The highest BCUT2D eigenvalue weighted by atomic mass is 35.5. The summed E-state index contributed by atoms with van der Waals surface area (Å²) in [7, 11) is 1.53. The molecule has 0 aliphatic carbocycles. The van der Waals surface area contributed by atoms with Crippen LogP contribution in [0.2, 0.25) is 8.67 Å². The molecule has 2 N–H and O–H groups in total. The first-order chi connectivity index (χ1) is 14.0. The molecule has 0 radical (unpaired) electrons. The van der Waals surface area contributed by atoms with Crippen molar-refractivity contribution in [1.82, 2.24) is 0 Å². The van der Waals surface area contributed by atoms with Gasteiger partial charge in [0.05, 0.1) is 17.0 Å². The Labute approximate surface area is 181 Å². The summed E-state index contributed by atoms with van der Waals surface area (Å²) in [5.41, 5.74) is 1.30. The van der Waals surface area contributed by atoms with Crippen molar-refractivity contribution in [2.24, 2.45) is 0 Å². The fraction of sp³-hybridized carbons (Fsp3) is 0.100. The van der Waals surface area contributed by atoms with Crippen LogP contribution in [0.3, 0.4) is 0 Å². The maximum absolute atomic E-state index is 12.3. The number of amides is 2. The van der Waals surface area contributed by atoms with Crippen molar-refractivity contribution in [3.8, 4) is 11.5 Å². The van der Waals surface area contributed by atoms with Gasteiger partial charge in [-0.3, -0.25) is 9.59 Å². The minimum atomic E-state index is -0.388. The number of carbonyl (C=O) groups is 2. The normalized spacial score (nSPS) is 10.3. The molecular formula is C20H16Cl2N2O4S. The predicted molar refractivity (Wildman–Crippen MR) is 116 cm³/mol. The van der Waals surface area contributed by atoms with Gasteiger partial charge >= 0.3 is 0 Å². The van der Waals surface area contributed by atoms with E-state index in [2.05, 4.69) is 10.6 Å². The third kappa shape index (κ3) is 5.63. The molecule has 0 spiro atoms. The van der Waals surface area contributed by atoms with Gasteiger partial charge in [-0.15, -0.1) is 11.3 Å². The number of anilines is 2. The lowest BCUT2D eigenvalue weighted by molar-refractivity contribution is -0.118. The summed E-state index contributed by atoms with van der Waals surface area (Å²) < 4.78 is 11.4. The van der Waals surface area contributed by atoms with E-state index in [1.54, 1.807) is 42.5 Å². The largest absolute Gasteiger partial charge is 0.493 e. The number of halogens is 2. The van der Waals surface area contributed by atoms with Crippen LogP contribution in [0, 0.1) is 0 Å². The number of nitrogens with one attached hydrogen (secondary N) is 2. The second-order valence-corrected chi connectivity index (χ2v) is 8.05. The molecule has 0 saturated heterocycles. The van der Waals surface area contributed by atoms with Crippen molar-refractivity contribution < 1.29 is 19.1 Å². The second-order valence-electron chi connectivity index (χ2n) is 5.76. The molecule has 9 heteroatoms. The Hall–Kier alpha value is -2.74. The Morgan fingerprint density at radius 1 is 0.966 bits per heavy atom. The number of benzene rings is 2. The molecule has 0 unspecified atom stereocenters. The van der Waals surface area contributed by atoms with Gasteiger partial charge in [0.2, 0.25) is 0 Å². The summed E-state index contributed by atoms with van der Waals surface area (Å²) in [5.74, 6) is 0.267. The Kier molecular flexibility index (Phi) is 6.98. The topological polar surface area (TPSA) is 76.7 Å². The van der Waals surface area contributed by atoms with Gasteiger partial charge < -0.3 is 20.1 Å². The Morgan fingerprint density at radius 2 is 1.66 bits per heavy atom. The average Bonchev–Trinajstić information content (AvgIpc) is 3.05. The Balaban J connectivity index is 1.60. The molecule has 3 aromatic rings. The number of hydrogen-bond donors (Lipinski definition) is 2. The fourth-order valence-corrected chi connectivity index (χ4v) is 3.90. The summed E-state index contributed by atoms with van der Waals surface area (Å²) in [5, 5.41) is 5.44. The molecule has 0 atom stereocenters. The third-order valence-corrected chi connectivity index (χ3v) is 5.22. The van der Waals surface area contributed by atoms with Crippen LogP contribution in [0.5, 0.6) is 11.5 Å². The molecule has 150 valence electrons. The van der Waals surface area contributed by atoms with Gasteiger partial charge in [-0.05, 0) is 36.4 Å². The smallest absolute Gasteiger partial charge is 0.262 e. The van der Waals surface area contributed by atoms with Gasteiger partial charge in [-0.2, -0.15) is 0 Å². The van der Waals surface area contributed by atoms with Crippen molar-refractivity contribution >= 4 is 57.7 Å². The summed E-state index contributed by atoms with van der Waals surface area (Å²) in [6, 6.07) is 15.3. The van der Waals surface area contributed by atoms with E-state index in [1.165, 1.54) is 13.2 Å². The number of carbonyl (C=O) groups excluding carboxylic acids is 2. The number of rotatable bonds is 7. The summed E-state index contributed by atoms with van der Waals surface area (Å²) in [4.78, 5) is 24.5. The molecule has 2 aromatic carbocycles. The first-order valence-electron chi connectivity index (χ1n) is 8.38. The number of hydrogen-bond acceptors (Lipinski definition) is 5. The van der Waals surface area contributed by atoms with Crippen LogP contribution >= 0.6 is 34.5 Å². The quantitative estimate of drug-likeness (QED) is 0.509. The van der Waals surface area contributed by atoms with Gasteiger partial charge in [-0.25, -0.2) is 0 Å². The van der Waals surface area contributed by atoms with E-state index in [0.29, 0.717) is 37.1 Å². The fourth-order valence-electron chi connectivity index (χ4n) is 2.45. The van der Waals surface area contributed by atoms with Crippen molar-refractivity contribution in [3.05, 3.63) is 68.8 Å². The monoisotopic (exact) mass is 450 g/mol. The lowest BCUT2D eigenvalue weighted by Crippen LogP contribution is -2.20. The molecule has 29 heavy (non-hydrogen) atoms. The first-order valence-corrected chi connectivity index (χ1v) is 9.95. The standard InChI is InChI=1S/C20H16Cl2N2O4S/c1-27-15-7-2-3-8-16(15)28-11-18(25)23-12-5-4-6-13(9-12)24-20(26)14-10-17(21)29-19(14)22/h2-10H,11H2,1H3,(H,23,25)(H,24,26). The van der Waals surface area contributed by atoms with Crippen LogP contribution < -0.4 is 20.1 Å². The highest BCUT2D eigenvalue weighted by Crippen LogP contribution is 2.31. The Morgan fingerprint density at radius 3 is 2.31 bits per heavy atom. The highest BCUT2D eigenvalue weighted by molar-refractivity contribution is 7.20.